The van der Waals surface area contributed by atoms with Gasteiger partial charge in [0.05, 0.1) is 16.5 Å². The van der Waals surface area contributed by atoms with Crippen molar-refractivity contribution >= 4 is 43.7 Å². The van der Waals surface area contributed by atoms with Crippen LogP contribution >= 0.6 is 0 Å². The van der Waals surface area contributed by atoms with Crippen LogP contribution < -0.4 is 0 Å². The zero-order valence-corrected chi connectivity index (χ0v) is 33.2. The lowest BCUT2D eigenvalue weighted by atomic mass is 9.92. The van der Waals surface area contributed by atoms with Crippen molar-refractivity contribution in [2.24, 2.45) is 0 Å². The van der Waals surface area contributed by atoms with Gasteiger partial charge in [-0.25, -0.2) is 15.0 Å². The fourth-order valence-electron chi connectivity index (χ4n) is 8.72. The minimum absolute atomic E-state index is 0.0765. The summed E-state index contributed by atoms with van der Waals surface area (Å²) < 4.78 is 44.5. The highest BCUT2D eigenvalue weighted by molar-refractivity contribution is 6.16. The molecular formula is C57H36N4O. The molecule has 0 bridgehead atoms. The molecule has 0 saturated carbocycles. The first kappa shape index (κ1) is 31.5. The van der Waals surface area contributed by atoms with Gasteiger partial charge >= 0.3 is 0 Å². The molecule has 62 heavy (non-hydrogen) atoms. The van der Waals surface area contributed by atoms with Crippen molar-refractivity contribution < 1.29 is 9.90 Å². The van der Waals surface area contributed by atoms with E-state index in [1.807, 2.05) is 144 Å². The summed E-state index contributed by atoms with van der Waals surface area (Å²) in [4.78, 5) is 15.1. The molecule has 5 heteroatoms. The average Bonchev–Trinajstić information content (AvgIpc) is 3.94. The third-order valence-electron chi connectivity index (χ3n) is 11.6. The first-order valence-electron chi connectivity index (χ1n) is 22.5. The molecule has 0 unspecified atom stereocenters. The van der Waals surface area contributed by atoms with Crippen LogP contribution in [-0.4, -0.2) is 19.5 Å². The summed E-state index contributed by atoms with van der Waals surface area (Å²) in [5.41, 5.74) is 11.8. The zero-order valence-electron chi connectivity index (χ0n) is 37.2. The van der Waals surface area contributed by atoms with Crippen LogP contribution in [0.15, 0.2) is 223 Å². The van der Waals surface area contributed by atoms with Gasteiger partial charge in [0.25, 0.3) is 0 Å². The average molecular weight is 797 g/mol. The molecule has 0 saturated heterocycles. The van der Waals surface area contributed by atoms with Gasteiger partial charge in [-0.1, -0.05) is 170 Å². The number of fused-ring (bicyclic) bond motifs is 6. The Bertz CT molecular complexity index is 3880. The summed E-state index contributed by atoms with van der Waals surface area (Å²) in [7, 11) is 0. The highest BCUT2D eigenvalue weighted by Gasteiger charge is 2.19. The number of benzene rings is 9. The molecule has 3 heterocycles. The summed E-state index contributed by atoms with van der Waals surface area (Å²) in [6, 6.07) is 63.9. The standard InChI is InChI=1S/C57H36N4O/c1-3-16-37(17-4-1)44-24-7-8-25-45(44)48-28-15-30-51-54(48)49-27-9-11-29-50(49)61(51)43-23-14-21-40(35-43)39-20-13-22-41(34-39)56-58-55(38-18-5-2-6-19-38)59-57(60-56)42-32-33-47-46-26-10-12-31-52(46)62-53(47)36-42/h1-36H/i9D,11D,27D,29D. The molecule has 0 atom stereocenters. The molecule has 12 aromatic rings. The maximum atomic E-state index is 9.33. The van der Waals surface area contributed by atoms with Crippen molar-refractivity contribution in [1.29, 1.82) is 0 Å². The minimum atomic E-state index is -0.282. The van der Waals surface area contributed by atoms with E-state index >= 15 is 0 Å². The third kappa shape index (κ3) is 6.06. The molecule has 0 aliphatic heterocycles. The number of hydrogen-bond acceptors (Lipinski definition) is 4. The van der Waals surface area contributed by atoms with Crippen molar-refractivity contribution in [3.05, 3.63) is 218 Å². The van der Waals surface area contributed by atoms with Gasteiger partial charge in [0.2, 0.25) is 0 Å². The molecule has 0 radical (unpaired) electrons. The van der Waals surface area contributed by atoms with E-state index in [1.54, 1.807) is 0 Å². The largest absolute Gasteiger partial charge is 0.456 e. The summed E-state index contributed by atoms with van der Waals surface area (Å²) >= 11 is 0. The molecule has 0 aliphatic rings. The van der Waals surface area contributed by atoms with E-state index < -0.39 is 0 Å². The molecule has 0 fully saturated rings. The van der Waals surface area contributed by atoms with Crippen LogP contribution in [0.4, 0.5) is 0 Å². The van der Waals surface area contributed by atoms with Gasteiger partial charge in [-0.05, 0) is 81.9 Å². The lowest BCUT2D eigenvalue weighted by Gasteiger charge is -2.13. The summed E-state index contributed by atoms with van der Waals surface area (Å²) in [5.74, 6) is 1.59. The Labute approximate surface area is 363 Å². The first-order chi connectivity index (χ1) is 32.4. The Kier molecular flexibility index (Phi) is 7.47. The van der Waals surface area contributed by atoms with Crippen molar-refractivity contribution in [1.82, 2.24) is 19.5 Å². The summed E-state index contributed by atoms with van der Waals surface area (Å²) in [6.45, 7) is 0. The lowest BCUT2D eigenvalue weighted by molar-refractivity contribution is 0.669. The number of furan rings is 1. The third-order valence-corrected chi connectivity index (χ3v) is 11.6. The molecule has 0 N–H and O–H groups in total. The van der Waals surface area contributed by atoms with Crippen LogP contribution in [0, 0.1) is 0 Å². The first-order valence-corrected chi connectivity index (χ1v) is 20.5. The second-order valence-electron chi connectivity index (χ2n) is 15.3. The van der Waals surface area contributed by atoms with Gasteiger partial charge in [0, 0.05) is 43.9 Å². The molecule has 3 aromatic heterocycles. The monoisotopic (exact) mass is 796 g/mol. The molecular weight excluding hydrogens is 757 g/mol. The molecule has 0 aliphatic carbocycles. The number of nitrogens with zero attached hydrogens (tertiary/aromatic N) is 4. The number of aromatic nitrogens is 4. The van der Waals surface area contributed by atoms with Crippen LogP contribution in [0.25, 0.3) is 117 Å². The number of para-hydroxylation sites is 2. The zero-order chi connectivity index (χ0) is 44.5. The van der Waals surface area contributed by atoms with Gasteiger partial charge in [0.15, 0.2) is 17.5 Å². The second kappa shape index (κ2) is 14.7. The van der Waals surface area contributed by atoms with E-state index in [1.165, 1.54) is 0 Å². The topological polar surface area (TPSA) is 56.7 Å². The summed E-state index contributed by atoms with van der Waals surface area (Å²) in [6.07, 6.45) is 0. The SMILES string of the molecule is [2H]c1c([2H])c([2H])c2c(c1[2H])c1c(-c3ccccc3-c3ccccc3)cccc1n2-c1cccc(-c2cccc(-c3nc(-c4ccccc4)nc(-c4ccc5c(c4)oc4ccccc45)n3)c2)c1. The van der Waals surface area contributed by atoms with E-state index in [-0.39, 0.29) is 24.2 Å². The Hall–Kier alpha value is -8.41. The number of rotatable bonds is 7. The van der Waals surface area contributed by atoms with Crippen molar-refractivity contribution in [3.8, 4) is 73.2 Å². The maximum absolute atomic E-state index is 9.33. The van der Waals surface area contributed by atoms with Gasteiger partial charge in [0.1, 0.15) is 11.2 Å². The van der Waals surface area contributed by atoms with Crippen LogP contribution in [0.3, 0.4) is 0 Å². The van der Waals surface area contributed by atoms with Gasteiger partial charge < -0.3 is 8.98 Å². The molecule has 290 valence electrons. The minimum Gasteiger partial charge on any atom is -0.456 e. The molecule has 12 rings (SSSR count). The highest BCUT2D eigenvalue weighted by Crippen LogP contribution is 2.42. The van der Waals surface area contributed by atoms with Crippen molar-refractivity contribution in [2.45, 2.75) is 0 Å². The van der Waals surface area contributed by atoms with E-state index in [0.717, 1.165) is 88.6 Å². The van der Waals surface area contributed by atoms with Crippen molar-refractivity contribution in [3.63, 3.8) is 0 Å². The smallest absolute Gasteiger partial charge is 0.164 e. The van der Waals surface area contributed by atoms with Crippen LogP contribution in [0.5, 0.6) is 0 Å². The van der Waals surface area contributed by atoms with E-state index in [2.05, 4.69) is 54.6 Å². The van der Waals surface area contributed by atoms with Crippen molar-refractivity contribution in [2.75, 3.05) is 0 Å². The molecule has 5 nitrogen and oxygen atoms in total. The predicted molar refractivity (Wildman–Crippen MR) is 254 cm³/mol. The highest BCUT2D eigenvalue weighted by atomic mass is 16.3. The van der Waals surface area contributed by atoms with Crippen LogP contribution in [0.2, 0.25) is 0 Å². The van der Waals surface area contributed by atoms with E-state index in [0.29, 0.717) is 28.4 Å². The van der Waals surface area contributed by atoms with Gasteiger partial charge in [-0.2, -0.15) is 0 Å². The molecule has 9 aromatic carbocycles. The van der Waals surface area contributed by atoms with Gasteiger partial charge in [-0.15, -0.1) is 0 Å². The lowest BCUT2D eigenvalue weighted by Crippen LogP contribution is -2.00. The Morgan fingerprint density at radius 1 is 0.371 bits per heavy atom. The van der Waals surface area contributed by atoms with E-state index in [4.69, 9.17) is 22.1 Å². The maximum Gasteiger partial charge on any atom is 0.164 e. The van der Waals surface area contributed by atoms with E-state index in [9.17, 15) is 2.74 Å². The predicted octanol–water partition coefficient (Wildman–Crippen LogP) is 14.9. The second-order valence-corrected chi connectivity index (χ2v) is 15.3. The summed E-state index contributed by atoms with van der Waals surface area (Å²) in [5, 5.41) is 3.31. The molecule has 0 amide bonds. The fourth-order valence-corrected chi connectivity index (χ4v) is 8.72. The number of hydrogen-bond donors (Lipinski definition) is 0. The Morgan fingerprint density at radius 3 is 1.77 bits per heavy atom. The normalized spacial score (nSPS) is 12.5. The Balaban J connectivity index is 1.01. The quantitative estimate of drug-likeness (QED) is 0.161. The Morgan fingerprint density at radius 2 is 0.952 bits per heavy atom. The van der Waals surface area contributed by atoms with Crippen LogP contribution in [-0.2, 0) is 0 Å². The van der Waals surface area contributed by atoms with Gasteiger partial charge in [-0.3, -0.25) is 0 Å². The fraction of sp³-hybridized carbons (Fsp3) is 0. The van der Waals surface area contributed by atoms with Crippen LogP contribution in [0.1, 0.15) is 5.48 Å². The molecule has 0 spiro atoms.